The average molecular weight is 291 g/mol. The van der Waals surface area contributed by atoms with Crippen LogP contribution < -0.4 is 5.32 Å². The van der Waals surface area contributed by atoms with Gasteiger partial charge < -0.3 is 5.32 Å². The molecule has 1 aliphatic carbocycles. The smallest absolute Gasteiger partial charge is 0.138 e. The molecule has 1 N–H and O–H groups in total. The molecule has 0 amide bonds. The molecule has 0 spiro atoms. The zero-order valence-corrected chi connectivity index (χ0v) is 12.4. The predicted octanol–water partition coefficient (Wildman–Crippen LogP) is 3.13. The van der Waals surface area contributed by atoms with Crippen LogP contribution in [0.4, 0.5) is 0 Å². The Labute approximate surface area is 124 Å². The topological polar surface area (TPSA) is 42.7 Å². The standard InChI is InChI=1S/C15H19ClN4/c1-2-3-14-17-6-7-20(14)15-8-11(13(16)10-19-15)9-18-12-4-5-12/h6-8,10,12,18H,2-5,9H2,1H3. The third kappa shape index (κ3) is 3.02. The number of hydrogen-bond acceptors (Lipinski definition) is 3. The van der Waals surface area contributed by atoms with Gasteiger partial charge in [0.25, 0.3) is 0 Å². The summed E-state index contributed by atoms with van der Waals surface area (Å²) in [5.41, 5.74) is 1.10. The quantitative estimate of drug-likeness (QED) is 0.889. The first kappa shape index (κ1) is 13.6. The number of imidazole rings is 1. The molecule has 4 nitrogen and oxygen atoms in total. The number of rotatable bonds is 6. The van der Waals surface area contributed by atoms with E-state index in [0.717, 1.165) is 41.6 Å². The largest absolute Gasteiger partial charge is 0.310 e. The van der Waals surface area contributed by atoms with E-state index >= 15 is 0 Å². The highest BCUT2D eigenvalue weighted by molar-refractivity contribution is 6.31. The molecule has 5 heteroatoms. The van der Waals surface area contributed by atoms with Crippen molar-refractivity contribution in [2.45, 2.75) is 45.2 Å². The number of pyridine rings is 1. The molecule has 2 heterocycles. The first-order valence-electron chi connectivity index (χ1n) is 7.18. The highest BCUT2D eigenvalue weighted by Crippen LogP contribution is 2.22. The summed E-state index contributed by atoms with van der Waals surface area (Å²) in [5.74, 6) is 1.94. The Bertz CT molecular complexity index is 589. The van der Waals surface area contributed by atoms with Gasteiger partial charge in [0.1, 0.15) is 11.6 Å². The Kier molecular flexibility index (Phi) is 4.03. The van der Waals surface area contributed by atoms with Crippen molar-refractivity contribution in [3.05, 3.63) is 41.1 Å². The van der Waals surface area contributed by atoms with E-state index in [4.69, 9.17) is 11.6 Å². The molecule has 0 radical (unpaired) electrons. The highest BCUT2D eigenvalue weighted by Gasteiger charge is 2.20. The summed E-state index contributed by atoms with van der Waals surface area (Å²) in [6.07, 6.45) is 10.1. The lowest BCUT2D eigenvalue weighted by molar-refractivity contribution is 0.686. The van der Waals surface area contributed by atoms with Crippen LogP contribution in [-0.2, 0) is 13.0 Å². The fourth-order valence-electron chi connectivity index (χ4n) is 2.23. The maximum Gasteiger partial charge on any atom is 0.138 e. The van der Waals surface area contributed by atoms with E-state index in [1.807, 2.05) is 17.0 Å². The number of halogens is 1. The highest BCUT2D eigenvalue weighted by atomic mass is 35.5. The van der Waals surface area contributed by atoms with Gasteiger partial charge in [0.2, 0.25) is 0 Å². The van der Waals surface area contributed by atoms with Crippen LogP contribution in [0.25, 0.3) is 5.82 Å². The van der Waals surface area contributed by atoms with E-state index in [2.05, 4.69) is 28.3 Å². The SMILES string of the molecule is CCCc1nccn1-c1cc(CNC2CC2)c(Cl)cn1. The Morgan fingerprint density at radius 2 is 2.25 bits per heavy atom. The van der Waals surface area contributed by atoms with Crippen molar-refractivity contribution in [3.8, 4) is 5.82 Å². The molecule has 0 aromatic carbocycles. The summed E-state index contributed by atoms with van der Waals surface area (Å²) < 4.78 is 2.04. The lowest BCUT2D eigenvalue weighted by atomic mass is 10.2. The average Bonchev–Trinajstić information content (AvgIpc) is 3.17. The zero-order chi connectivity index (χ0) is 13.9. The molecule has 2 aromatic rings. The van der Waals surface area contributed by atoms with Gasteiger partial charge in [-0.3, -0.25) is 4.57 Å². The molecule has 3 rings (SSSR count). The van der Waals surface area contributed by atoms with E-state index in [0.29, 0.717) is 6.04 Å². The molecule has 1 fully saturated rings. The van der Waals surface area contributed by atoms with Gasteiger partial charge in [0.15, 0.2) is 0 Å². The van der Waals surface area contributed by atoms with Gasteiger partial charge in [-0.25, -0.2) is 9.97 Å². The number of aromatic nitrogens is 3. The second kappa shape index (κ2) is 5.94. The molecule has 1 aliphatic rings. The van der Waals surface area contributed by atoms with Crippen molar-refractivity contribution in [2.24, 2.45) is 0 Å². The summed E-state index contributed by atoms with van der Waals surface area (Å²) in [5, 5.41) is 4.21. The van der Waals surface area contributed by atoms with Crippen molar-refractivity contribution >= 4 is 11.6 Å². The Morgan fingerprint density at radius 1 is 1.40 bits per heavy atom. The summed E-state index contributed by atoms with van der Waals surface area (Å²) in [6.45, 7) is 2.95. The van der Waals surface area contributed by atoms with Crippen LogP contribution in [0.1, 0.15) is 37.6 Å². The number of nitrogens with one attached hydrogen (secondary N) is 1. The van der Waals surface area contributed by atoms with Crippen LogP contribution >= 0.6 is 11.6 Å². The van der Waals surface area contributed by atoms with Crippen LogP contribution in [0.2, 0.25) is 5.02 Å². The fourth-order valence-corrected chi connectivity index (χ4v) is 2.40. The molecule has 2 aromatic heterocycles. The van der Waals surface area contributed by atoms with Crippen LogP contribution in [0.3, 0.4) is 0 Å². The summed E-state index contributed by atoms with van der Waals surface area (Å²) in [4.78, 5) is 8.82. The first-order chi connectivity index (χ1) is 9.78. The van der Waals surface area contributed by atoms with Gasteiger partial charge in [-0.15, -0.1) is 0 Å². The summed E-state index contributed by atoms with van der Waals surface area (Å²) in [6, 6.07) is 2.73. The van der Waals surface area contributed by atoms with Crippen LogP contribution in [-0.4, -0.2) is 20.6 Å². The van der Waals surface area contributed by atoms with Gasteiger partial charge >= 0.3 is 0 Å². The van der Waals surface area contributed by atoms with Crippen molar-refractivity contribution in [1.29, 1.82) is 0 Å². The Morgan fingerprint density at radius 3 is 3.00 bits per heavy atom. The van der Waals surface area contributed by atoms with Gasteiger partial charge in [-0.2, -0.15) is 0 Å². The molecule has 0 aliphatic heterocycles. The fraction of sp³-hybridized carbons (Fsp3) is 0.467. The van der Waals surface area contributed by atoms with E-state index < -0.39 is 0 Å². The van der Waals surface area contributed by atoms with Crippen LogP contribution in [0.5, 0.6) is 0 Å². The molecule has 0 saturated heterocycles. The molecule has 0 bridgehead atoms. The Hall–Kier alpha value is -1.39. The monoisotopic (exact) mass is 290 g/mol. The third-order valence-electron chi connectivity index (χ3n) is 3.52. The number of hydrogen-bond donors (Lipinski definition) is 1. The number of nitrogens with zero attached hydrogens (tertiary/aromatic N) is 3. The van der Waals surface area contributed by atoms with Crippen molar-refractivity contribution in [2.75, 3.05) is 0 Å². The minimum Gasteiger partial charge on any atom is -0.310 e. The predicted molar refractivity (Wildman–Crippen MR) is 80.2 cm³/mol. The first-order valence-corrected chi connectivity index (χ1v) is 7.56. The van der Waals surface area contributed by atoms with E-state index in [-0.39, 0.29) is 0 Å². The molecule has 0 atom stereocenters. The normalized spacial score (nSPS) is 14.7. The molecular formula is C15H19ClN4. The van der Waals surface area contributed by atoms with Crippen LogP contribution in [0, 0.1) is 0 Å². The van der Waals surface area contributed by atoms with E-state index in [1.54, 1.807) is 6.20 Å². The lowest BCUT2D eigenvalue weighted by Crippen LogP contribution is -2.16. The second-order valence-corrected chi connectivity index (χ2v) is 5.66. The van der Waals surface area contributed by atoms with Crippen molar-refractivity contribution in [1.82, 2.24) is 19.9 Å². The molecular weight excluding hydrogens is 272 g/mol. The van der Waals surface area contributed by atoms with Crippen molar-refractivity contribution in [3.63, 3.8) is 0 Å². The third-order valence-corrected chi connectivity index (χ3v) is 3.86. The van der Waals surface area contributed by atoms with Gasteiger partial charge in [0.05, 0.1) is 5.02 Å². The van der Waals surface area contributed by atoms with E-state index in [1.165, 1.54) is 12.8 Å². The number of aryl methyl sites for hydroxylation is 1. The maximum absolute atomic E-state index is 6.24. The van der Waals surface area contributed by atoms with E-state index in [9.17, 15) is 0 Å². The van der Waals surface area contributed by atoms with Crippen molar-refractivity contribution < 1.29 is 0 Å². The second-order valence-electron chi connectivity index (χ2n) is 5.25. The molecule has 106 valence electrons. The lowest BCUT2D eigenvalue weighted by Gasteiger charge is -2.10. The van der Waals surface area contributed by atoms with Crippen LogP contribution in [0.15, 0.2) is 24.7 Å². The summed E-state index contributed by atoms with van der Waals surface area (Å²) >= 11 is 6.24. The Balaban J connectivity index is 1.84. The summed E-state index contributed by atoms with van der Waals surface area (Å²) in [7, 11) is 0. The maximum atomic E-state index is 6.24. The van der Waals surface area contributed by atoms with Gasteiger partial charge in [-0.05, 0) is 30.9 Å². The van der Waals surface area contributed by atoms with Gasteiger partial charge in [-0.1, -0.05) is 18.5 Å². The molecule has 20 heavy (non-hydrogen) atoms. The molecule has 0 unspecified atom stereocenters. The zero-order valence-electron chi connectivity index (χ0n) is 11.6. The van der Waals surface area contributed by atoms with Gasteiger partial charge in [0, 0.05) is 37.6 Å². The minimum absolute atomic E-state index is 0.673. The minimum atomic E-state index is 0.673. The molecule has 1 saturated carbocycles.